The Bertz CT molecular complexity index is 927. The molecule has 1 aliphatic rings. The van der Waals surface area contributed by atoms with Gasteiger partial charge in [-0.25, -0.2) is 8.42 Å². The Morgan fingerprint density at radius 1 is 1.19 bits per heavy atom. The lowest BCUT2D eigenvalue weighted by Gasteiger charge is -2.34. The molecule has 0 radical (unpaired) electrons. The van der Waals surface area contributed by atoms with Crippen LogP contribution < -0.4 is 0 Å². The van der Waals surface area contributed by atoms with Gasteiger partial charge < -0.3 is 4.90 Å². The summed E-state index contributed by atoms with van der Waals surface area (Å²) in [6, 6.07) is 0. The highest BCUT2D eigenvalue weighted by Crippen LogP contribution is 2.22. The van der Waals surface area contributed by atoms with Crippen molar-refractivity contribution in [1.29, 1.82) is 0 Å². The molecule has 0 aromatic carbocycles. The number of rotatable bonds is 4. The van der Waals surface area contributed by atoms with E-state index in [9.17, 15) is 13.2 Å². The van der Waals surface area contributed by atoms with Crippen LogP contribution in [0.3, 0.4) is 0 Å². The second kappa shape index (κ2) is 7.01. The first-order valence-corrected chi connectivity index (χ1v) is 10.1. The molecule has 1 amide bonds. The Morgan fingerprint density at radius 2 is 1.85 bits per heavy atom. The summed E-state index contributed by atoms with van der Waals surface area (Å²) in [5.41, 5.74) is 0.927. The van der Waals surface area contributed by atoms with Crippen LogP contribution in [0.25, 0.3) is 0 Å². The van der Waals surface area contributed by atoms with E-state index in [1.807, 2.05) is 6.92 Å². The highest BCUT2D eigenvalue weighted by Gasteiger charge is 2.33. The molecule has 0 spiro atoms. The van der Waals surface area contributed by atoms with E-state index < -0.39 is 10.0 Å². The Kier molecular flexibility index (Phi) is 5.09. The van der Waals surface area contributed by atoms with E-state index in [0.717, 1.165) is 0 Å². The maximum absolute atomic E-state index is 12.8. The van der Waals surface area contributed by atoms with Crippen molar-refractivity contribution < 1.29 is 13.2 Å². The lowest BCUT2D eigenvalue weighted by Crippen LogP contribution is -2.50. The second-order valence-corrected chi connectivity index (χ2v) is 8.38. The van der Waals surface area contributed by atoms with Gasteiger partial charge in [0.2, 0.25) is 10.0 Å². The molecule has 0 atom stereocenters. The molecule has 142 valence electrons. The predicted octanol–water partition coefficient (Wildman–Crippen LogP) is 0.745. The van der Waals surface area contributed by atoms with Crippen LogP contribution >= 0.6 is 11.6 Å². The van der Waals surface area contributed by atoms with Crippen molar-refractivity contribution in [3.63, 3.8) is 0 Å². The maximum atomic E-state index is 12.8. The van der Waals surface area contributed by atoms with Crippen molar-refractivity contribution in [3.8, 4) is 0 Å². The van der Waals surface area contributed by atoms with Gasteiger partial charge in [-0.1, -0.05) is 11.6 Å². The average Bonchev–Trinajstić information content (AvgIpc) is 3.17. The van der Waals surface area contributed by atoms with E-state index >= 15 is 0 Å². The van der Waals surface area contributed by atoms with Crippen LogP contribution in [0.1, 0.15) is 23.1 Å². The Labute approximate surface area is 157 Å². The zero-order chi connectivity index (χ0) is 19.1. The lowest BCUT2D eigenvalue weighted by molar-refractivity contribution is 0.0685. The Balaban J connectivity index is 1.74. The minimum atomic E-state index is -3.63. The van der Waals surface area contributed by atoms with Gasteiger partial charge in [0.05, 0.1) is 23.1 Å². The van der Waals surface area contributed by atoms with Crippen molar-refractivity contribution >= 4 is 27.5 Å². The first kappa shape index (κ1) is 18.9. The number of hydrogen-bond donors (Lipinski definition) is 0. The average molecular weight is 401 g/mol. The fourth-order valence-corrected chi connectivity index (χ4v) is 4.80. The van der Waals surface area contributed by atoms with E-state index in [-0.39, 0.29) is 23.9 Å². The molecule has 0 bridgehead atoms. The van der Waals surface area contributed by atoms with Crippen molar-refractivity contribution in [2.45, 2.75) is 25.3 Å². The van der Waals surface area contributed by atoms with Crippen LogP contribution in [0.2, 0.25) is 5.02 Å². The van der Waals surface area contributed by atoms with Gasteiger partial charge in [0.25, 0.3) is 5.91 Å². The number of nitrogens with zero attached hydrogens (tertiary/aromatic N) is 6. The molecule has 11 heteroatoms. The number of halogens is 1. The third-order valence-electron chi connectivity index (χ3n) is 4.63. The third kappa shape index (κ3) is 3.12. The van der Waals surface area contributed by atoms with Crippen LogP contribution in [0.5, 0.6) is 0 Å². The van der Waals surface area contributed by atoms with Crippen molar-refractivity contribution in [2.75, 3.05) is 26.2 Å². The van der Waals surface area contributed by atoms with Crippen LogP contribution in [0.4, 0.5) is 0 Å². The maximum Gasteiger partial charge on any atom is 0.273 e. The zero-order valence-corrected chi connectivity index (χ0v) is 16.5. The molecule has 0 aliphatic carbocycles. The third-order valence-corrected chi connectivity index (χ3v) is 6.91. The standard InChI is InChI=1S/C15H21ClN6O3S/c1-4-22-14(12(16)9-18-22)15(23)20-5-7-21(8-6-20)26(24,25)13-10-17-19(3)11(13)2/h9-10H,4-8H2,1-3H3. The molecule has 0 unspecified atom stereocenters. The van der Waals surface area contributed by atoms with Gasteiger partial charge in [-0.2, -0.15) is 14.5 Å². The fraction of sp³-hybridized carbons (Fsp3) is 0.533. The molecule has 9 nitrogen and oxygen atoms in total. The summed E-state index contributed by atoms with van der Waals surface area (Å²) < 4.78 is 30.1. The topological polar surface area (TPSA) is 93.3 Å². The number of carbonyl (C=O) groups excluding carboxylic acids is 1. The quantitative estimate of drug-likeness (QED) is 0.754. The van der Waals surface area contributed by atoms with E-state index in [0.29, 0.717) is 36.0 Å². The minimum absolute atomic E-state index is 0.201. The van der Waals surface area contributed by atoms with E-state index in [2.05, 4.69) is 10.2 Å². The molecule has 1 aliphatic heterocycles. The van der Waals surface area contributed by atoms with Crippen LogP contribution in [0.15, 0.2) is 17.3 Å². The molecular weight excluding hydrogens is 380 g/mol. The normalized spacial score (nSPS) is 16.2. The van der Waals surface area contributed by atoms with Crippen LogP contribution in [-0.2, 0) is 23.6 Å². The Hall–Kier alpha value is -1.91. The number of aromatic nitrogens is 4. The summed E-state index contributed by atoms with van der Waals surface area (Å²) >= 11 is 6.09. The molecule has 26 heavy (non-hydrogen) atoms. The molecule has 3 heterocycles. The van der Waals surface area contributed by atoms with E-state index in [4.69, 9.17) is 11.6 Å². The van der Waals surface area contributed by atoms with Crippen LogP contribution in [-0.4, -0.2) is 69.3 Å². The predicted molar refractivity (Wildman–Crippen MR) is 95.5 cm³/mol. The molecule has 0 saturated carbocycles. The molecule has 2 aromatic rings. The Morgan fingerprint density at radius 3 is 2.38 bits per heavy atom. The summed E-state index contributed by atoms with van der Waals surface area (Å²) in [6.07, 6.45) is 2.81. The summed E-state index contributed by atoms with van der Waals surface area (Å²) in [7, 11) is -1.93. The number of aryl methyl sites for hydroxylation is 2. The molecule has 1 saturated heterocycles. The number of carbonyl (C=O) groups is 1. The zero-order valence-electron chi connectivity index (χ0n) is 14.9. The monoisotopic (exact) mass is 400 g/mol. The van der Waals surface area contributed by atoms with Gasteiger partial charge in [0.1, 0.15) is 10.6 Å². The number of hydrogen-bond acceptors (Lipinski definition) is 5. The second-order valence-electron chi connectivity index (χ2n) is 6.07. The van der Waals surface area contributed by atoms with Gasteiger partial charge in [-0.05, 0) is 13.8 Å². The molecular formula is C15H21ClN6O3S. The summed E-state index contributed by atoms with van der Waals surface area (Å²) in [5, 5.41) is 8.39. The van der Waals surface area contributed by atoms with E-state index in [1.54, 1.807) is 23.6 Å². The molecule has 1 fully saturated rings. The van der Waals surface area contributed by atoms with E-state index in [1.165, 1.54) is 21.4 Å². The number of amides is 1. The summed E-state index contributed by atoms with van der Waals surface area (Å²) in [4.78, 5) is 14.6. The minimum Gasteiger partial charge on any atom is -0.335 e. The van der Waals surface area contributed by atoms with Crippen molar-refractivity contribution in [2.24, 2.45) is 7.05 Å². The van der Waals surface area contributed by atoms with Gasteiger partial charge in [-0.15, -0.1) is 0 Å². The highest BCUT2D eigenvalue weighted by atomic mass is 35.5. The fourth-order valence-electron chi connectivity index (χ4n) is 2.97. The SMILES string of the molecule is CCn1ncc(Cl)c1C(=O)N1CCN(S(=O)(=O)c2cnn(C)c2C)CC1. The number of piperazine rings is 1. The molecule has 2 aromatic heterocycles. The van der Waals surface area contributed by atoms with Crippen molar-refractivity contribution in [3.05, 3.63) is 28.8 Å². The summed E-state index contributed by atoms with van der Waals surface area (Å²) in [6.45, 7) is 5.16. The first-order valence-electron chi connectivity index (χ1n) is 8.26. The van der Waals surface area contributed by atoms with Gasteiger partial charge in [0, 0.05) is 39.8 Å². The number of sulfonamides is 1. The first-order chi connectivity index (χ1) is 12.3. The van der Waals surface area contributed by atoms with Crippen LogP contribution in [0, 0.1) is 6.92 Å². The highest BCUT2D eigenvalue weighted by molar-refractivity contribution is 7.89. The summed E-state index contributed by atoms with van der Waals surface area (Å²) in [5.74, 6) is -0.232. The molecule has 0 N–H and O–H groups in total. The smallest absolute Gasteiger partial charge is 0.273 e. The molecule has 3 rings (SSSR count). The van der Waals surface area contributed by atoms with Gasteiger partial charge in [-0.3, -0.25) is 14.2 Å². The van der Waals surface area contributed by atoms with Crippen molar-refractivity contribution in [1.82, 2.24) is 28.8 Å². The lowest BCUT2D eigenvalue weighted by atomic mass is 10.3. The largest absolute Gasteiger partial charge is 0.335 e. The van der Waals surface area contributed by atoms with Gasteiger partial charge >= 0.3 is 0 Å². The van der Waals surface area contributed by atoms with Gasteiger partial charge in [0.15, 0.2) is 0 Å².